The summed E-state index contributed by atoms with van der Waals surface area (Å²) in [5.41, 5.74) is 0.972. The minimum Gasteiger partial charge on any atom is -0.312 e. The molecular formula is C8H11ClN2. The average Bonchev–Trinajstić information content (AvgIpc) is 2.03. The van der Waals surface area contributed by atoms with Crippen LogP contribution in [0.15, 0.2) is 18.2 Å². The molecule has 0 saturated heterocycles. The Morgan fingerprint density at radius 1 is 1.55 bits per heavy atom. The van der Waals surface area contributed by atoms with Crippen LogP contribution in [0.1, 0.15) is 18.7 Å². The van der Waals surface area contributed by atoms with E-state index in [0.29, 0.717) is 5.15 Å². The van der Waals surface area contributed by atoms with E-state index >= 15 is 0 Å². The van der Waals surface area contributed by atoms with Gasteiger partial charge in [-0.3, -0.25) is 0 Å². The molecule has 1 N–H and O–H groups in total. The molecule has 2 nitrogen and oxygen atoms in total. The first-order valence-electron chi connectivity index (χ1n) is 3.53. The van der Waals surface area contributed by atoms with Crippen molar-refractivity contribution < 1.29 is 0 Å². The molecule has 0 aromatic carbocycles. The van der Waals surface area contributed by atoms with Gasteiger partial charge in [-0.2, -0.15) is 0 Å². The molecule has 1 aromatic heterocycles. The molecule has 0 aliphatic heterocycles. The minimum absolute atomic E-state index is 0.258. The van der Waals surface area contributed by atoms with Gasteiger partial charge in [0.25, 0.3) is 0 Å². The summed E-state index contributed by atoms with van der Waals surface area (Å²) in [5, 5.41) is 3.63. The molecule has 0 bridgehead atoms. The maximum absolute atomic E-state index is 5.71. The number of rotatable bonds is 2. The van der Waals surface area contributed by atoms with E-state index < -0.39 is 0 Å². The smallest absolute Gasteiger partial charge is 0.129 e. The van der Waals surface area contributed by atoms with Gasteiger partial charge in [-0.25, -0.2) is 4.98 Å². The molecule has 1 rings (SSSR count). The molecule has 0 spiro atoms. The fourth-order valence-corrected chi connectivity index (χ4v) is 0.983. The van der Waals surface area contributed by atoms with Crippen LogP contribution >= 0.6 is 11.6 Å². The van der Waals surface area contributed by atoms with E-state index in [0.717, 1.165) is 5.69 Å². The normalized spacial score (nSPS) is 13.0. The second-order valence-electron chi connectivity index (χ2n) is 2.40. The van der Waals surface area contributed by atoms with Crippen LogP contribution in [0.2, 0.25) is 5.15 Å². The molecule has 1 atom stereocenters. The van der Waals surface area contributed by atoms with Gasteiger partial charge in [-0.15, -0.1) is 0 Å². The van der Waals surface area contributed by atoms with Crippen molar-refractivity contribution in [2.24, 2.45) is 0 Å². The second-order valence-corrected chi connectivity index (χ2v) is 2.78. The van der Waals surface area contributed by atoms with Crippen LogP contribution in [-0.2, 0) is 0 Å². The van der Waals surface area contributed by atoms with Crippen LogP contribution in [0.4, 0.5) is 0 Å². The summed E-state index contributed by atoms with van der Waals surface area (Å²) >= 11 is 5.71. The molecule has 0 saturated carbocycles. The Labute approximate surface area is 71.6 Å². The van der Waals surface area contributed by atoms with Gasteiger partial charge in [0.15, 0.2) is 0 Å². The maximum Gasteiger partial charge on any atom is 0.129 e. The third kappa shape index (κ3) is 2.17. The van der Waals surface area contributed by atoms with Crippen molar-refractivity contribution in [2.75, 3.05) is 7.05 Å². The molecule has 0 fully saturated rings. The molecule has 0 radical (unpaired) electrons. The lowest BCUT2D eigenvalue weighted by atomic mass is 10.2. The Balaban J connectivity index is 2.86. The molecule has 1 aromatic rings. The average molecular weight is 171 g/mol. The van der Waals surface area contributed by atoms with Crippen molar-refractivity contribution in [2.45, 2.75) is 13.0 Å². The quantitative estimate of drug-likeness (QED) is 0.687. The largest absolute Gasteiger partial charge is 0.312 e. The second kappa shape index (κ2) is 3.69. The predicted octanol–water partition coefficient (Wildman–Crippen LogP) is 2.02. The van der Waals surface area contributed by atoms with Crippen molar-refractivity contribution in [1.29, 1.82) is 0 Å². The molecule has 0 aliphatic rings. The third-order valence-electron chi connectivity index (χ3n) is 1.61. The number of nitrogens with one attached hydrogen (secondary N) is 1. The number of nitrogens with zero attached hydrogens (tertiary/aromatic N) is 1. The molecule has 0 aliphatic carbocycles. The van der Waals surface area contributed by atoms with Gasteiger partial charge >= 0.3 is 0 Å². The van der Waals surface area contributed by atoms with Crippen LogP contribution in [0.25, 0.3) is 0 Å². The summed E-state index contributed by atoms with van der Waals surface area (Å²) in [6.07, 6.45) is 0. The number of pyridine rings is 1. The highest BCUT2D eigenvalue weighted by molar-refractivity contribution is 6.29. The van der Waals surface area contributed by atoms with E-state index in [1.165, 1.54) is 0 Å². The van der Waals surface area contributed by atoms with Crippen molar-refractivity contribution in [3.8, 4) is 0 Å². The molecule has 60 valence electrons. The van der Waals surface area contributed by atoms with Crippen molar-refractivity contribution in [3.05, 3.63) is 29.0 Å². The van der Waals surface area contributed by atoms with Gasteiger partial charge in [0.05, 0.1) is 5.69 Å². The highest BCUT2D eigenvalue weighted by atomic mass is 35.5. The van der Waals surface area contributed by atoms with Crippen molar-refractivity contribution >= 4 is 11.6 Å². The Morgan fingerprint density at radius 3 is 2.82 bits per heavy atom. The summed E-state index contributed by atoms with van der Waals surface area (Å²) < 4.78 is 0. The Morgan fingerprint density at radius 2 is 2.27 bits per heavy atom. The standard InChI is InChI=1S/C8H11ClN2/c1-6(10-2)7-4-3-5-8(9)11-7/h3-6,10H,1-2H3. The Bertz CT molecular complexity index is 237. The number of aromatic nitrogens is 1. The van der Waals surface area contributed by atoms with Crippen LogP contribution in [0.5, 0.6) is 0 Å². The highest BCUT2D eigenvalue weighted by Crippen LogP contribution is 2.11. The SMILES string of the molecule is CNC(C)c1cccc(Cl)n1. The first-order chi connectivity index (χ1) is 5.24. The van der Waals surface area contributed by atoms with Crippen LogP contribution in [0.3, 0.4) is 0 Å². The molecule has 1 heterocycles. The van der Waals surface area contributed by atoms with Crippen LogP contribution < -0.4 is 5.32 Å². The summed E-state index contributed by atoms with van der Waals surface area (Å²) in [5.74, 6) is 0. The molecule has 11 heavy (non-hydrogen) atoms. The Kier molecular flexibility index (Phi) is 2.85. The zero-order chi connectivity index (χ0) is 8.27. The van der Waals surface area contributed by atoms with E-state index in [1.54, 1.807) is 6.07 Å². The van der Waals surface area contributed by atoms with E-state index in [-0.39, 0.29) is 6.04 Å². The fourth-order valence-electron chi connectivity index (χ4n) is 0.813. The van der Waals surface area contributed by atoms with Gasteiger partial charge in [0.1, 0.15) is 5.15 Å². The van der Waals surface area contributed by atoms with E-state index in [2.05, 4.69) is 10.3 Å². The molecule has 3 heteroatoms. The monoisotopic (exact) mass is 170 g/mol. The Hall–Kier alpha value is -0.600. The van der Waals surface area contributed by atoms with E-state index in [4.69, 9.17) is 11.6 Å². The molecule has 0 amide bonds. The predicted molar refractivity (Wildman–Crippen MR) is 46.7 cm³/mol. The first-order valence-corrected chi connectivity index (χ1v) is 3.91. The summed E-state index contributed by atoms with van der Waals surface area (Å²) in [4.78, 5) is 4.15. The maximum atomic E-state index is 5.71. The fraction of sp³-hybridized carbons (Fsp3) is 0.375. The lowest BCUT2D eigenvalue weighted by Crippen LogP contribution is -2.13. The van der Waals surface area contributed by atoms with E-state index in [1.807, 2.05) is 26.1 Å². The zero-order valence-corrected chi connectivity index (χ0v) is 7.39. The van der Waals surface area contributed by atoms with Crippen molar-refractivity contribution in [1.82, 2.24) is 10.3 Å². The number of hydrogen-bond donors (Lipinski definition) is 1. The van der Waals surface area contributed by atoms with Gasteiger partial charge in [-0.1, -0.05) is 17.7 Å². The third-order valence-corrected chi connectivity index (χ3v) is 1.82. The lowest BCUT2D eigenvalue weighted by Gasteiger charge is -2.08. The topological polar surface area (TPSA) is 24.9 Å². The number of halogens is 1. The first kappa shape index (κ1) is 8.50. The van der Waals surface area contributed by atoms with Crippen molar-refractivity contribution in [3.63, 3.8) is 0 Å². The van der Waals surface area contributed by atoms with Gasteiger partial charge in [0, 0.05) is 6.04 Å². The minimum atomic E-state index is 0.258. The van der Waals surface area contributed by atoms with Gasteiger partial charge in [-0.05, 0) is 26.1 Å². The van der Waals surface area contributed by atoms with Crippen LogP contribution in [0, 0.1) is 0 Å². The van der Waals surface area contributed by atoms with Gasteiger partial charge in [0.2, 0.25) is 0 Å². The van der Waals surface area contributed by atoms with Gasteiger partial charge < -0.3 is 5.32 Å². The van der Waals surface area contributed by atoms with Crippen LogP contribution in [-0.4, -0.2) is 12.0 Å². The van der Waals surface area contributed by atoms with E-state index in [9.17, 15) is 0 Å². The zero-order valence-electron chi connectivity index (χ0n) is 6.63. The molecular weight excluding hydrogens is 160 g/mol. The summed E-state index contributed by atoms with van der Waals surface area (Å²) in [7, 11) is 1.90. The summed E-state index contributed by atoms with van der Waals surface area (Å²) in [6, 6.07) is 5.88. The summed E-state index contributed by atoms with van der Waals surface area (Å²) in [6.45, 7) is 2.04. The molecule has 1 unspecified atom stereocenters. The lowest BCUT2D eigenvalue weighted by molar-refractivity contribution is 0.633. The number of hydrogen-bond acceptors (Lipinski definition) is 2. The highest BCUT2D eigenvalue weighted by Gasteiger charge is 2.02.